The van der Waals surface area contributed by atoms with Crippen LogP contribution in [-0.4, -0.2) is 9.97 Å². The topological polar surface area (TPSA) is 45.8 Å². The Hall–Kier alpha value is -1.16. The lowest BCUT2D eigenvalue weighted by Crippen LogP contribution is -2.11. The Bertz CT molecular complexity index is 708. The lowest BCUT2D eigenvalue weighted by Gasteiger charge is -1.99. The van der Waals surface area contributed by atoms with E-state index >= 15 is 0 Å². The minimum Gasteiger partial charge on any atom is -0.310 e. The van der Waals surface area contributed by atoms with Gasteiger partial charge in [-0.2, -0.15) is 0 Å². The molecular formula is C14H16N2OS. The van der Waals surface area contributed by atoms with Crippen LogP contribution in [0.1, 0.15) is 48.4 Å². The molecule has 0 amide bonds. The number of aryl methyl sites for hydroxylation is 2. The van der Waals surface area contributed by atoms with Crippen LogP contribution in [0.4, 0.5) is 0 Å². The van der Waals surface area contributed by atoms with E-state index in [-0.39, 0.29) is 5.56 Å². The van der Waals surface area contributed by atoms with E-state index in [4.69, 9.17) is 4.98 Å². The molecule has 2 aromatic heterocycles. The van der Waals surface area contributed by atoms with Crippen molar-refractivity contribution in [3.05, 3.63) is 26.6 Å². The molecule has 0 bridgehead atoms. The van der Waals surface area contributed by atoms with E-state index in [2.05, 4.69) is 18.8 Å². The molecule has 2 aromatic rings. The number of aromatic nitrogens is 2. The van der Waals surface area contributed by atoms with Crippen LogP contribution in [0.2, 0.25) is 0 Å². The van der Waals surface area contributed by atoms with Crippen molar-refractivity contribution in [2.24, 2.45) is 5.41 Å². The fourth-order valence-electron chi connectivity index (χ4n) is 3.23. The third-order valence-corrected chi connectivity index (χ3v) is 5.69. The third-order valence-electron chi connectivity index (χ3n) is 4.65. The molecule has 94 valence electrons. The molecule has 2 aliphatic carbocycles. The van der Waals surface area contributed by atoms with Gasteiger partial charge in [0.15, 0.2) is 0 Å². The molecule has 2 aliphatic rings. The number of nitrogens with zero attached hydrogens (tertiary/aromatic N) is 1. The van der Waals surface area contributed by atoms with E-state index in [1.54, 1.807) is 11.3 Å². The summed E-state index contributed by atoms with van der Waals surface area (Å²) in [5.74, 6) is 1.47. The van der Waals surface area contributed by atoms with Gasteiger partial charge in [-0.05, 0) is 43.6 Å². The summed E-state index contributed by atoms with van der Waals surface area (Å²) in [6, 6.07) is 0. The molecule has 2 heterocycles. The second-order valence-electron chi connectivity index (χ2n) is 5.74. The first-order chi connectivity index (χ1) is 8.64. The van der Waals surface area contributed by atoms with Gasteiger partial charge in [-0.1, -0.05) is 6.92 Å². The summed E-state index contributed by atoms with van der Waals surface area (Å²) in [6.45, 7) is 4.19. The van der Waals surface area contributed by atoms with Crippen LogP contribution >= 0.6 is 11.3 Å². The van der Waals surface area contributed by atoms with Gasteiger partial charge in [-0.3, -0.25) is 4.79 Å². The average Bonchev–Trinajstić information content (AvgIpc) is 3.23. The zero-order valence-corrected chi connectivity index (χ0v) is 11.5. The fraction of sp³-hybridized carbons (Fsp3) is 0.571. The average molecular weight is 260 g/mol. The number of rotatable bonds is 2. The highest BCUT2D eigenvalue weighted by Gasteiger charge is 2.64. The molecule has 0 saturated heterocycles. The molecule has 0 radical (unpaired) electrons. The second-order valence-corrected chi connectivity index (χ2v) is 6.94. The van der Waals surface area contributed by atoms with E-state index in [0.717, 1.165) is 22.5 Å². The summed E-state index contributed by atoms with van der Waals surface area (Å²) >= 11 is 1.67. The molecule has 1 atom stereocenters. The van der Waals surface area contributed by atoms with E-state index in [9.17, 15) is 4.79 Å². The van der Waals surface area contributed by atoms with Crippen LogP contribution < -0.4 is 5.56 Å². The predicted molar refractivity (Wildman–Crippen MR) is 73.4 cm³/mol. The van der Waals surface area contributed by atoms with Crippen LogP contribution in [0.15, 0.2) is 4.79 Å². The number of H-pyrrole nitrogens is 1. The van der Waals surface area contributed by atoms with Crippen molar-refractivity contribution in [3.63, 3.8) is 0 Å². The molecule has 1 spiro atoms. The maximum absolute atomic E-state index is 12.3. The van der Waals surface area contributed by atoms with Gasteiger partial charge in [-0.15, -0.1) is 11.3 Å². The number of hydrogen-bond acceptors (Lipinski definition) is 3. The normalized spacial score (nSPS) is 23.8. The van der Waals surface area contributed by atoms with E-state index in [1.165, 1.54) is 29.7 Å². The Morgan fingerprint density at radius 1 is 1.50 bits per heavy atom. The minimum atomic E-state index is 0.0684. The first-order valence-corrected chi connectivity index (χ1v) is 7.48. The first-order valence-electron chi connectivity index (χ1n) is 6.67. The van der Waals surface area contributed by atoms with Gasteiger partial charge in [0.25, 0.3) is 5.56 Å². The standard InChI is InChI=1S/C14H16N2OS/c1-3-8-7(2)18-13-10(8)12(17)15-11(16-13)9-6-14(9)4-5-14/h9H,3-6H2,1-2H3,(H,15,16,17). The molecular weight excluding hydrogens is 244 g/mol. The molecule has 4 rings (SSSR count). The number of thiophene rings is 1. The fourth-order valence-corrected chi connectivity index (χ4v) is 4.35. The summed E-state index contributed by atoms with van der Waals surface area (Å²) in [5, 5.41) is 0.828. The number of hydrogen-bond donors (Lipinski definition) is 1. The summed E-state index contributed by atoms with van der Waals surface area (Å²) in [5.41, 5.74) is 1.79. The van der Waals surface area contributed by atoms with Crippen LogP contribution in [0, 0.1) is 12.3 Å². The Labute approximate surface area is 109 Å². The van der Waals surface area contributed by atoms with Crippen LogP contribution in [0.5, 0.6) is 0 Å². The second kappa shape index (κ2) is 3.23. The minimum absolute atomic E-state index is 0.0684. The first kappa shape index (κ1) is 10.7. The maximum atomic E-state index is 12.3. The quantitative estimate of drug-likeness (QED) is 0.901. The lowest BCUT2D eigenvalue weighted by atomic mass is 10.1. The van der Waals surface area contributed by atoms with Gasteiger partial charge in [-0.25, -0.2) is 4.98 Å². The Balaban J connectivity index is 1.91. The molecule has 1 unspecified atom stereocenters. The van der Waals surface area contributed by atoms with Gasteiger partial charge in [0.05, 0.1) is 5.39 Å². The van der Waals surface area contributed by atoms with Gasteiger partial charge in [0.1, 0.15) is 10.7 Å². The van der Waals surface area contributed by atoms with Gasteiger partial charge < -0.3 is 4.98 Å². The third kappa shape index (κ3) is 1.30. The summed E-state index contributed by atoms with van der Waals surface area (Å²) in [7, 11) is 0. The number of nitrogens with one attached hydrogen (secondary N) is 1. The largest absolute Gasteiger partial charge is 0.310 e. The van der Waals surface area contributed by atoms with Crippen molar-refractivity contribution >= 4 is 21.6 Å². The highest BCUT2D eigenvalue weighted by molar-refractivity contribution is 7.18. The van der Waals surface area contributed by atoms with E-state index in [1.807, 2.05) is 0 Å². The van der Waals surface area contributed by atoms with Crippen LogP contribution in [0.3, 0.4) is 0 Å². The monoisotopic (exact) mass is 260 g/mol. The van der Waals surface area contributed by atoms with Gasteiger partial charge in [0, 0.05) is 10.8 Å². The maximum Gasteiger partial charge on any atom is 0.259 e. The lowest BCUT2D eigenvalue weighted by molar-refractivity contribution is 0.793. The Morgan fingerprint density at radius 3 is 2.89 bits per heavy atom. The summed E-state index contributed by atoms with van der Waals surface area (Å²) < 4.78 is 0. The van der Waals surface area contributed by atoms with Crippen molar-refractivity contribution in [2.75, 3.05) is 0 Å². The number of fused-ring (bicyclic) bond motifs is 1. The molecule has 3 nitrogen and oxygen atoms in total. The summed E-state index contributed by atoms with van der Waals surface area (Å²) in [6.07, 6.45) is 4.78. The SMILES string of the molecule is CCc1c(C)sc2nc(C3CC34CC4)[nH]c(=O)c12. The zero-order chi connectivity index (χ0) is 12.5. The molecule has 0 aliphatic heterocycles. The summed E-state index contributed by atoms with van der Waals surface area (Å²) in [4.78, 5) is 22.2. The molecule has 1 N–H and O–H groups in total. The van der Waals surface area contributed by atoms with Gasteiger partial charge in [0.2, 0.25) is 0 Å². The molecule has 18 heavy (non-hydrogen) atoms. The number of aromatic amines is 1. The Morgan fingerprint density at radius 2 is 2.28 bits per heavy atom. The van der Waals surface area contributed by atoms with Crippen molar-refractivity contribution in [3.8, 4) is 0 Å². The van der Waals surface area contributed by atoms with Crippen molar-refractivity contribution in [1.29, 1.82) is 0 Å². The van der Waals surface area contributed by atoms with Crippen molar-refractivity contribution in [2.45, 2.75) is 45.4 Å². The highest BCUT2D eigenvalue weighted by atomic mass is 32.1. The Kier molecular flexibility index (Phi) is 1.93. The predicted octanol–water partition coefficient (Wildman–Crippen LogP) is 3.12. The van der Waals surface area contributed by atoms with E-state index in [0.29, 0.717) is 11.3 Å². The highest BCUT2D eigenvalue weighted by Crippen LogP contribution is 2.74. The van der Waals surface area contributed by atoms with Crippen molar-refractivity contribution in [1.82, 2.24) is 9.97 Å². The molecule has 4 heteroatoms. The zero-order valence-electron chi connectivity index (χ0n) is 10.7. The van der Waals surface area contributed by atoms with Gasteiger partial charge >= 0.3 is 0 Å². The van der Waals surface area contributed by atoms with Crippen molar-refractivity contribution < 1.29 is 0 Å². The van der Waals surface area contributed by atoms with Crippen LogP contribution in [0.25, 0.3) is 10.2 Å². The van der Waals surface area contributed by atoms with E-state index < -0.39 is 0 Å². The molecule has 2 fully saturated rings. The van der Waals surface area contributed by atoms with Crippen LogP contribution in [-0.2, 0) is 6.42 Å². The smallest absolute Gasteiger partial charge is 0.259 e. The molecule has 0 aromatic carbocycles. The molecule has 2 saturated carbocycles.